The van der Waals surface area contributed by atoms with Gasteiger partial charge in [0.1, 0.15) is 18.0 Å². The van der Waals surface area contributed by atoms with E-state index in [1.807, 2.05) is 0 Å². The Kier molecular flexibility index (Phi) is 9.11. The molecule has 0 aromatic rings. The lowest BCUT2D eigenvalue weighted by atomic mass is 10.2. The lowest BCUT2D eigenvalue weighted by molar-refractivity contribution is -0.152. The van der Waals surface area contributed by atoms with Crippen LogP contribution in [0.4, 0.5) is 4.79 Å². The van der Waals surface area contributed by atoms with E-state index in [0.717, 1.165) is 7.11 Å². The lowest BCUT2D eigenvalue weighted by Crippen LogP contribution is -2.26. The van der Waals surface area contributed by atoms with Crippen molar-refractivity contribution in [2.24, 2.45) is 10.7 Å². The van der Waals surface area contributed by atoms with Crippen LogP contribution in [0.1, 0.15) is 20.8 Å². The Morgan fingerprint density at radius 3 is 2.50 bits per heavy atom. The Balaban J connectivity index is 4.69. The molecule has 1 amide bonds. The van der Waals surface area contributed by atoms with Gasteiger partial charge < -0.3 is 25.1 Å². The molecule has 0 bridgehead atoms. The van der Waals surface area contributed by atoms with E-state index in [4.69, 9.17) is 15.2 Å². The van der Waals surface area contributed by atoms with Gasteiger partial charge >= 0.3 is 12.1 Å². The minimum atomic E-state index is -1.37. The number of nitrogens with zero attached hydrogens (tertiary/aromatic N) is 1. The van der Waals surface area contributed by atoms with Crippen LogP contribution in [-0.4, -0.2) is 48.4 Å². The zero-order valence-electron chi connectivity index (χ0n) is 14.3. The molecule has 24 heavy (non-hydrogen) atoms. The highest BCUT2D eigenvalue weighted by atomic mass is 16.6. The number of allylic oxidation sites excluding steroid dienone is 2. The monoisotopic (exact) mass is 340 g/mol. The third kappa shape index (κ3) is 9.42. The van der Waals surface area contributed by atoms with E-state index in [1.54, 1.807) is 20.8 Å². The van der Waals surface area contributed by atoms with Gasteiger partial charge in [0.15, 0.2) is 6.10 Å². The van der Waals surface area contributed by atoms with E-state index in [2.05, 4.69) is 16.3 Å². The molecule has 0 saturated heterocycles. The number of amidine groups is 1. The van der Waals surface area contributed by atoms with E-state index in [9.17, 15) is 14.7 Å². The number of carbonyl (C=O) groups is 2. The van der Waals surface area contributed by atoms with Crippen LogP contribution >= 0.6 is 0 Å². The van der Waals surface area contributed by atoms with Crippen molar-refractivity contribution in [1.82, 2.24) is 0 Å². The summed E-state index contributed by atoms with van der Waals surface area (Å²) in [5.74, 6) is -0.863. The van der Waals surface area contributed by atoms with Crippen molar-refractivity contribution in [3.63, 3.8) is 0 Å². The lowest BCUT2D eigenvalue weighted by Gasteiger charge is -2.17. The smallest absolute Gasteiger partial charge is 0.436 e. The molecular weight excluding hydrogens is 316 g/mol. The minimum absolute atomic E-state index is 0.0708. The van der Waals surface area contributed by atoms with Crippen LogP contribution in [0.25, 0.3) is 0 Å². The number of ether oxygens (including phenoxy) is 3. The average molecular weight is 340 g/mol. The number of esters is 1. The standard InChI is InChI=1S/C16H24N2O6/c1-6-11(13(17)18-15(21)24-16(2,3)4)8-7-9-23-10-12(19)14(20)22-5/h6-9,12,19H,1,10H2,2-5H3,(H2,17,18,21)/b9-7?,11-8+. The van der Waals surface area contributed by atoms with Crippen molar-refractivity contribution in [1.29, 1.82) is 0 Å². The van der Waals surface area contributed by atoms with Gasteiger partial charge in [0, 0.05) is 5.57 Å². The summed E-state index contributed by atoms with van der Waals surface area (Å²) in [4.78, 5) is 26.1. The number of hydrogen-bond acceptors (Lipinski definition) is 6. The van der Waals surface area contributed by atoms with Crippen molar-refractivity contribution in [2.75, 3.05) is 13.7 Å². The zero-order valence-corrected chi connectivity index (χ0v) is 14.3. The fourth-order valence-electron chi connectivity index (χ4n) is 1.25. The van der Waals surface area contributed by atoms with Gasteiger partial charge in [0.25, 0.3) is 0 Å². The number of carbonyl (C=O) groups excluding carboxylic acids is 2. The van der Waals surface area contributed by atoms with Crippen molar-refractivity contribution >= 4 is 17.9 Å². The molecular formula is C16H24N2O6. The molecule has 0 aliphatic heterocycles. The molecule has 3 N–H and O–H groups in total. The zero-order chi connectivity index (χ0) is 18.8. The van der Waals surface area contributed by atoms with E-state index >= 15 is 0 Å². The van der Waals surface area contributed by atoms with E-state index in [0.29, 0.717) is 5.57 Å². The first-order chi connectivity index (χ1) is 11.1. The van der Waals surface area contributed by atoms with Crippen LogP contribution in [0.5, 0.6) is 0 Å². The molecule has 0 aromatic carbocycles. The summed E-state index contributed by atoms with van der Waals surface area (Å²) in [5, 5.41) is 9.30. The summed E-state index contributed by atoms with van der Waals surface area (Å²) in [7, 11) is 1.16. The third-order valence-electron chi connectivity index (χ3n) is 2.30. The fraction of sp³-hybridized carbons (Fsp3) is 0.438. The second-order valence-electron chi connectivity index (χ2n) is 5.50. The molecule has 0 fully saturated rings. The molecule has 8 heteroatoms. The second-order valence-corrected chi connectivity index (χ2v) is 5.50. The first-order valence-electron chi connectivity index (χ1n) is 7.05. The third-order valence-corrected chi connectivity index (χ3v) is 2.30. The first kappa shape index (κ1) is 21.4. The van der Waals surface area contributed by atoms with Crippen LogP contribution in [0.2, 0.25) is 0 Å². The number of hydrogen-bond donors (Lipinski definition) is 2. The van der Waals surface area contributed by atoms with Crippen LogP contribution in [0, 0.1) is 0 Å². The average Bonchev–Trinajstić information content (AvgIpc) is 2.47. The highest BCUT2D eigenvalue weighted by Crippen LogP contribution is 2.08. The van der Waals surface area contributed by atoms with Crippen LogP contribution in [0.15, 0.2) is 41.6 Å². The fourth-order valence-corrected chi connectivity index (χ4v) is 1.25. The summed E-state index contributed by atoms with van der Waals surface area (Å²) < 4.78 is 14.3. The molecule has 0 heterocycles. The number of methoxy groups -OCH3 is 1. The van der Waals surface area contributed by atoms with Crippen molar-refractivity contribution < 1.29 is 28.9 Å². The van der Waals surface area contributed by atoms with Gasteiger partial charge in [-0.15, -0.1) is 0 Å². The molecule has 0 saturated carbocycles. The van der Waals surface area contributed by atoms with Crippen LogP contribution in [-0.2, 0) is 19.0 Å². The molecule has 0 spiro atoms. The molecule has 0 aliphatic rings. The Morgan fingerprint density at radius 1 is 1.38 bits per heavy atom. The summed E-state index contributed by atoms with van der Waals surface area (Å²) in [6.45, 7) is 8.44. The molecule has 8 nitrogen and oxygen atoms in total. The van der Waals surface area contributed by atoms with Crippen LogP contribution in [0.3, 0.4) is 0 Å². The number of amides is 1. The molecule has 0 aliphatic carbocycles. The highest BCUT2D eigenvalue weighted by molar-refractivity contribution is 6.04. The number of aliphatic hydroxyl groups is 1. The Hall–Kier alpha value is -2.61. The number of aliphatic imine (C=N–C) groups is 1. The first-order valence-corrected chi connectivity index (χ1v) is 7.05. The SMILES string of the molecule is C=C/C(=C\C=COCC(O)C(=O)OC)C(N)=NC(=O)OC(C)(C)C. The largest absolute Gasteiger partial charge is 0.498 e. The number of rotatable bonds is 7. The van der Waals surface area contributed by atoms with Gasteiger partial charge in [0.2, 0.25) is 0 Å². The Labute approximate surface area is 141 Å². The van der Waals surface area contributed by atoms with E-state index < -0.39 is 23.8 Å². The second kappa shape index (κ2) is 10.2. The normalized spacial score (nSPS) is 14.2. The summed E-state index contributed by atoms with van der Waals surface area (Å²) in [6, 6.07) is 0. The van der Waals surface area contributed by atoms with E-state index in [1.165, 1.54) is 24.5 Å². The maximum atomic E-state index is 11.6. The molecule has 134 valence electrons. The predicted molar refractivity (Wildman–Crippen MR) is 89.3 cm³/mol. The van der Waals surface area contributed by atoms with E-state index in [-0.39, 0.29) is 12.4 Å². The number of nitrogens with two attached hydrogens (primary N) is 1. The Bertz CT molecular complexity index is 543. The van der Waals surface area contributed by atoms with Gasteiger partial charge in [-0.1, -0.05) is 12.7 Å². The summed E-state index contributed by atoms with van der Waals surface area (Å²) in [5.41, 5.74) is 5.40. The van der Waals surface area contributed by atoms with Gasteiger partial charge in [-0.2, -0.15) is 4.99 Å². The van der Waals surface area contributed by atoms with Gasteiger partial charge in [-0.25, -0.2) is 9.59 Å². The molecule has 1 atom stereocenters. The van der Waals surface area contributed by atoms with Crippen molar-refractivity contribution in [3.05, 3.63) is 36.6 Å². The number of aliphatic hydroxyl groups excluding tert-OH is 1. The quantitative estimate of drug-likeness (QED) is 0.236. The minimum Gasteiger partial charge on any atom is -0.498 e. The highest BCUT2D eigenvalue weighted by Gasteiger charge is 2.16. The van der Waals surface area contributed by atoms with Crippen molar-refractivity contribution in [2.45, 2.75) is 32.5 Å². The van der Waals surface area contributed by atoms with Gasteiger partial charge in [0.05, 0.1) is 13.4 Å². The Morgan fingerprint density at radius 2 is 2.00 bits per heavy atom. The maximum Gasteiger partial charge on any atom is 0.436 e. The van der Waals surface area contributed by atoms with Gasteiger partial charge in [-0.3, -0.25) is 0 Å². The predicted octanol–water partition coefficient (Wildman–Crippen LogP) is 1.46. The van der Waals surface area contributed by atoms with Crippen LogP contribution < -0.4 is 5.73 Å². The molecule has 0 aromatic heterocycles. The molecule has 0 radical (unpaired) electrons. The topological polar surface area (TPSA) is 120 Å². The molecule has 1 unspecified atom stereocenters. The maximum absolute atomic E-state index is 11.6. The van der Waals surface area contributed by atoms with Gasteiger partial charge in [-0.05, 0) is 32.9 Å². The summed E-state index contributed by atoms with van der Waals surface area (Å²) >= 11 is 0. The van der Waals surface area contributed by atoms with Crippen molar-refractivity contribution in [3.8, 4) is 0 Å². The summed E-state index contributed by atoms with van der Waals surface area (Å²) in [6.07, 6.45) is 3.38. The molecule has 0 rings (SSSR count).